The van der Waals surface area contributed by atoms with Crippen LogP contribution < -0.4 is 19.5 Å². The normalized spacial score (nSPS) is 24.1. The van der Waals surface area contributed by atoms with E-state index in [1.165, 1.54) is 0 Å². The summed E-state index contributed by atoms with van der Waals surface area (Å²) in [7, 11) is 1.64. The average Bonchev–Trinajstić information content (AvgIpc) is 3.07. The van der Waals surface area contributed by atoms with Gasteiger partial charge in [0.1, 0.15) is 0 Å². The molecule has 1 saturated heterocycles. The van der Waals surface area contributed by atoms with Crippen LogP contribution in [-0.4, -0.2) is 33.2 Å². The number of hydrogen-bond donors (Lipinski definition) is 1. The van der Waals surface area contributed by atoms with E-state index in [9.17, 15) is 0 Å². The molecule has 5 nitrogen and oxygen atoms in total. The van der Waals surface area contributed by atoms with E-state index in [0.29, 0.717) is 17.8 Å². The molecule has 0 amide bonds. The molecule has 2 aliphatic heterocycles. The highest BCUT2D eigenvalue weighted by molar-refractivity contribution is 5.55. The van der Waals surface area contributed by atoms with Crippen LogP contribution in [0, 0.1) is 5.92 Å². The van der Waals surface area contributed by atoms with Crippen molar-refractivity contribution in [2.75, 3.05) is 27.1 Å². The molecule has 0 aromatic heterocycles. The minimum atomic E-state index is 0.263. The Hall–Kier alpha value is -1.46. The molecule has 2 aliphatic rings. The molecule has 110 valence electrons. The maximum Gasteiger partial charge on any atom is 0.231 e. The lowest BCUT2D eigenvalue weighted by Gasteiger charge is -2.15. The highest BCUT2D eigenvalue weighted by Crippen LogP contribution is 2.41. The van der Waals surface area contributed by atoms with E-state index in [-0.39, 0.29) is 6.79 Å². The molecule has 0 bridgehead atoms. The summed E-state index contributed by atoms with van der Waals surface area (Å²) in [4.78, 5) is 0. The second-order valence-corrected chi connectivity index (χ2v) is 5.29. The molecule has 2 unspecified atom stereocenters. The summed E-state index contributed by atoms with van der Waals surface area (Å²) in [6, 6.07) is 4.00. The largest absolute Gasteiger partial charge is 0.493 e. The van der Waals surface area contributed by atoms with Crippen LogP contribution in [0.2, 0.25) is 0 Å². The molecule has 1 fully saturated rings. The first-order valence-corrected chi connectivity index (χ1v) is 7.06. The van der Waals surface area contributed by atoms with Crippen LogP contribution in [-0.2, 0) is 11.3 Å². The molecule has 0 spiro atoms. The van der Waals surface area contributed by atoms with E-state index in [4.69, 9.17) is 18.9 Å². The Morgan fingerprint density at radius 1 is 1.35 bits per heavy atom. The average molecular weight is 279 g/mol. The Kier molecular flexibility index (Phi) is 3.98. The standard InChI is InChI=1S/C15H21NO4/c1-10-12(3-4-18-10)8-16-7-11-5-13(17-2)15-14(6-11)19-9-20-15/h5-6,10,12,16H,3-4,7-9H2,1-2H3. The second kappa shape index (κ2) is 5.89. The fourth-order valence-corrected chi connectivity index (χ4v) is 2.73. The van der Waals surface area contributed by atoms with Gasteiger partial charge in [0.15, 0.2) is 11.5 Å². The Labute approximate surface area is 119 Å². The number of rotatable bonds is 5. The van der Waals surface area contributed by atoms with E-state index in [2.05, 4.69) is 12.2 Å². The summed E-state index contributed by atoms with van der Waals surface area (Å²) < 4.78 is 21.7. The van der Waals surface area contributed by atoms with E-state index in [1.54, 1.807) is 7.11 Å². The van der Waals surface area contributed by atoms with Crippen LogP contribution >= 0.6 is 0 Å². The summed E-state index contributed by atoms with van der Waals surface area (Å²) in [5.41, 5.74) is 1.14. The zero-order valence-electron chi connectivity index (χ0n) is 12.0. The number of methoxy groups -OCH3 is 1. The summed E-state index contributed by atoms with van der Waals surface area (Å²) in [6.07, 6.45) is 1.49. The first-order valence-electron chi connectivity index (χ1n) is 7.06. The van der Waals surface area contributed by atoms with Crippen LogP contribution in [0.1, 0.15) is 18.9 Å². The Balaban J connectivity index is 1.60. The fourth-order valence-electron chi connectivity index (χ4n) is 2.73. The smallest absolute Gasteiger partial charge is 0.231 e. The number of benzene rings is 1. The molecule has 2 atom stereocenters. The third-order valence-electron chi connectivity index (χ3n) is 3.99. The molecule has 20 heavy (non-hydrogen) atoms. The molecule has 1 aromatic carbocycles. The van der Waals surface area contributed by atoms with Gasteiger partial charge in [-0.1, -0.05) is 0 Å². The van der Waals surface area contributed by atoms with Gasteiger partial charge in [0.05, 0.1) is 13.2 Å². The number of nitrogens with one attached hydrogen (secondary N) is 1. The third-order valence-corrected chi connectivity index (χ3v) is 3.99. The molecular weight excluding hydrogens is 258 g/mol. The van der Waals surface area contributed by atoms with Crippen LogP contribution in [0.4, 0.5) is 0 Å². The van der Waals surface area contributed by atoms with Crippen LogP contribution in [0.5, 0.6) is 17.2 Å². The maximum absolute atomic E-state index is 5.57. The quantitative estimate of drug-likeness (QED) is 0.892. The zero-order valence-corrected chi connectivity index (χ0v) is 12.0. The molecule has 3 rings (SSSR count). The number of fused-ring (bicyclic) bond motifs is 1. The highest BCUT2D eigenvalue weighted by atomic mass is 16.7. The summed E-state index contributed by atoms with van der Waals surface area (Å²) >= 11 is 0. The van der Waals surface area contributed by atoms with Gasteiger partial charge in [0.2, 0.25) is 12.5 Å². The second-order valence-electron chi connectivity index (χ2n) is 5.29. The molecule has 1 N–H and O–H groups in total. The van der Waals surface area contributed by atoms with Crippen LogP contribution in [0.3, 0.4) is 0 Å². The van der Waals surface area contributed by atoms with Crippen molar-refractivity contribution in [2.45, 2.75) is 26.0 Å². The van der Waals surface area contributed by atoms with Crippen molar-refractivity contribution in [3.8, 4) is 17.2 Å². The Morgan fingerprint density at radius 2 is 2.25 bits per heavy atom. The lowest BCUT2D eigenvalue weighted by atomic mass is 10.0. The van der Waals surface area contributed by atoms with Crippen LogP contribution in [0.15, 0.2) is 12.1 Å². The van der Waals surface area contributed by atoms with E-state index in [1.807, 2.05) is 12.1 Å². The van der Waals surface area contributed by atoms with Crippen molar-refractivity contribution in [3.63, 3.8) is 0 Å². The van der Waals surface area contributed by atoms with Gasteiger partial charge in [-0.15, -0.1) is 0 Å². The third kappa shape index (κ3) is 2.69. The minimum absolute atomic E-state index is 0.263. The maximum atomic E-state index is 5.57. The van der Waals surface area contributed by atoms with Gasteiger partial charge in [0.25, 0.3) is 0 Å². The molecule has 0 aliphatic carbocycles. The van der Waals surface area contributed by atoms with Gasteiger partial charge in [-0.05, 0) is 37.0 Å². The van der Waals surface area contributed by atoms with Gasteiger partial charge < -0.3 is 24.3 Å². The van der Waals surface area contributed by atoms with Crippen molar-refractivity contribution in [3.05, 3.63) is 17.7 Å². The first-order chi connectivity index (χ1) is 9.78. The lowest BCUT2D eigenvalue weighted by Crippen LogP contribution is -2.26. The van der Waals surface area contributed by atoms with Gasteiger partial charge in [-0.25, -0.2) is 0 Å². The summed E-state index contributed by atoms with van der Waals surface area (Å²) in [6.45, 7) is 5.04. The van der Waals surface area contributed by atoms with Crippen molar-refractivity contribution >= 4 is 0 Å². The Morgan fingerprint density at radius 3 is 3.00 bits per heavy atom. The van der Waals surface area contributed by atoms with Gasteiger partial charge in [0, 0.05) is 19.7 Å². The van der Waals surface area contributed by atoms with E-state index in [0.717, 1.165) is 43.2 Å². The van der Waals surface area contributed by atoms with Crippen molar-refractivity contribution in [1.29, 1.82) is 0 Å². The van der Waals surface area contributed by atoms with Gasteiger partial charge in [-0.3, -0.25) is 0 Å². The van der Waals surface area contributed by atoms with Gasteiger partial charge in [-0.2, -0.15) is 0 Å². The summed E-state index contributed by atoms with van der Waals surface area (Å²) in [5.74, 6) is 2.80. The van der Waals surface area contributed by atoms with Gasteiger partial charge >= 0.3 is 0 Å². The predicted molar refractivity (Wildman–Crippen MR) is 74.3 cm³/mol. The van der Waals surface area contributed by atoms with Crippen molar-refractivity contribution < 1.29 is 18.9 Å². The lowest BCUT2D eigenvalue weighted by molar-refractivity contribution is 0.105. The van der Waals surface area contributed by atoms with Crippen molar-refractivity contribution in [2.24, 2.45) is 5.92 Å². The predicted octanol–water partition coefficient (Wildman–Crippen LogP) is 1.94. The van der Waals surface area contributed by atoms with Crippen molar-refractivity contribution in [1.82, 2.24) is 5.32 Å². The van der Waals surface area contributed by atoms with E-state index < -0.39 is 0 Å². The monoisotopic (exact) mass is 279 g/mol. The molecule has 2 heterocycles. The highest BCUT2D eigenvalue weighted by Gasteiger charge is 2.24. The molecule has 5 heteroatoms. The summed E-state index contributed by atoms with van der Waals surface area (Å²) in [5, 5.41) is 3.48. The van der Waals surface area contributed by atoms with E-state index >= 15 is 0 Å². The minimum Gasteiger partial charge on any atom is -0.493 e. The topological polar surface area (TPSA) is 49.0 Å². The SMILES string of the molecule is COc1cc(CNCC2CCOC2C)cc2c1OCO2. The molecule has 1 aromatic rings. The van der Waals surface area contributed by atoms with Crippen LogP contribution in [0.25, 0.3) is 0 Å². The Bertz CT molecular complexity index is 477. The first kappa shape index (κ1) is 13.5. The number of hydrogen-bond acceptors (Lipinski definition) is 5. The molecular formula is C15H21NO4. The number of ether oxygens (including phenoxy) is 4. The molecule has 0 saturated carbocycles. The fraction of sp³-hybridized carbons (Fsp3) is 0.600. The zero-order chi connectivity index (χ0) is 13.9. The molecule has 0 radical (unpaired) electrons.